The summed E-state index contributed by atoms with van der Waals surface area (Å²) in [7, 11) is 1.59. The molecule has 0 radical (unpaired) electrons. The van der Waals surface area contributed by atoms with Crippen LogP contribution in [0.2, 0.25) is 0 Å². The molecule has 1 heterocycles. The molecule has 1 amide bonds. The summed E-state index contributed by atoms with van der Waals surface area (Å²) in [6, 6.07) is 14.5. The molecule has 140 valence electrons. The molecular weight excluding hydrogens is 344 g/mol. The molecule has 2 unspecified atom stereocenters. The Morgan fingerprint density at radius 1 is 1.00 bits per heavy atom. The molecule has 0 aliphatic carbocycles. The Bertz CT molecular complexity index is 872. The molecule has 0 fully saturated rings. The van der Waals surface area contributed by atoms with E-state index in [1.54, 1.807) is 7.11 Å². The van der Waals surface area contributed by atoms with Crippen molar-refractivity contribution in [2.45, 2.75) is 32.9 Å². The molecule has 6 nitrogen and oxygen atoms in total. The Kier molecular flexibility index (Phi) is 5.26. The van der Waals surface area contributed by atoms with E-state index in [4.69, 9.17) is 9.47 Å². The number of hydrogen-bond donors (Lipinski definition) is 0. The van der Waals surface area contributed by atoms with Crippen molar-refractivity contribution in [1.82, 2.24) is 5.01 Å². The van der Waals surface area contributed by atoms with Gasteiger partial charge >= 0.3 is 5.97 Å². The number of hydrogen-bond acceptors (Lipinski definition) is 5. The molecule has 2 aromatic carbocycles. The van der Waals surface area contributed by atoms with Crippen molar-refractivity contribution < 1.29 is 19.1 Å². The quantitative estimate of drug-likeness (QED) is 0.779. The van der Waals surface area contributed by atoms with E-state index in [1.165, 1.54) is 18.9 Å². The average Bonchev–Trinajstić information content (AvgIpc) is 3.01. The van der Waals surface area contributed by atoms with E-state index in [9.17, 15) is 9.59 Å². The Balaban J connectivity index is 2.07. The largest absolute Gasteiger partial charge is 0.497 e. The predicted molar refractivity (Wildman–Crippen MR) is 102 cm³/mol. The van der Waals surface area contributed by atoms with Crippen LogP contribution in [0, 0.1) is 6.92 Å². The number of methoxy groups -OCH3 is 1. The SMILES string of the molecule is COc1ccc(C2C(OC(C)=O)C(c3ccc(C)cc3)=NN2C(C)=O)cc1. The highest BCUT2D eigenvalue weighted by Gasteiger charge is 2.43. The van der Waals surface area contributed by atoms with Gasteiger partial charge in [0.25, 0.3) is 0 Å². The van der Waals surface area contributed by atoms with Crippen molar-refractivity contribution in [2.24, 2.45) is 5.10 Å². The van der Waals surface area contributed by atoms with Crippen molar-refractivity contribution in [3.8, 4) is 5.75 Å². The molecule has 3 rings (SSSR count). The molecular formula is C21H22N2O4. The number of benzene rings is 2. The summed E-state index contributed by atoms with van der Waals surface area (Å²) in [5.41, 5.74) is 3.29. The van der Waals surface area contributed by atoms with Gasteiger partial charge in [0.05, 0.1) is 7.11 Å². The van der Waals surface area contributed by atoms with Gasteiger partial charge in [-0.2, -0.15) is 5.10 Å². The highest BCUT2D eigenvalue weighted by molar-refractivity contribution is 6.07. The lowest BCUT2D eigenvalue weighted by Crippen LogP contribution is -2.35. The van der Waals surface area contributed by atoms with Crippen molar-refractivity contribution in [3.05, 3.63) is 65.2 Å². The molecule has 6 heteroatoms. The summed E-state index contributed by atoms with van der Waals surface area (Å²) < 4.78 is 10.8. The summed E-state index contributed by atoms with van der Waals surface area (Å²) in [5.74, 6) is 0.0497. The first kappa shape index (κ1) is 18.6. The third kappa shape index (κ3) is 3.84. The molecule has 2 aromatic rings. The first-order chi connectivity index (χ1) is 12.9. The Morgan fingerprint density at radius 2 is 1.63 bits per heavy atom. The number of rotatable bonds is 4. The first-order valence-corrected chi connectivity index (χ1v) is 8.67. The molecule has 0 spiro atoms. The lowest BCUT2D eigenvalue weighted by molar-refractivity contribution is -0.147. The fraction of sp³-hybridized carbons (Fsp3) is 0.286. The molecule has 1 aliphatic heterocycles. The number of nitrogens with zero attached hydrogens (tertiary/aromatic N) is 2. The van der Waals surface area contributed by atoms with Crippen LogP contribution in [0.4, 0.5) is 0 Å². The lowest BCUT2D eigenvalue weighted by Gasteiger charge is -2.26. The maximum absolute atomic E-state index is 12.3. The molecule has 0 saturated heterocycles. The van der Waals surface area contributed by atoms with Gasteiger partial charge in [0.15, 0.2) is 6.10 Å². The van der Waals surface area contributed by atoms with Gasteiger partial charge in [0.2, 0.25) is 5.91 Å². The number of amides is 1. The zero-order valence-electron chi connectivity index (χ0n) is 15.8. The first-order valence-electron chi connectivity index (χ1n) is 8.67. The van der Waals surface area contributed by atoms with Crippen LogP contribution < -0.4 is 4.74 Å². The van der Waals surface area contributed by atoms with E-state index >= 15 is 0 Å². The van der Waals surface area contributed by atoms with E-state index in [-0.39, 0.29) is 5.91 Å². The zero-order chi connectivity index (χ0) is 19.6. The second kappa shape index (κ2) is 7.61. The summed E-state index contributed by atoms with van der Waals surface area (Å²) in [4.78, 5) is 24.1. The highest BCUT2D eigenvalue weighted by Crippen LogP contribution is 2.36. The van der Waals surface area contributed by atoms with E-state index in [0.717, 1.165) is 16.7 Å². The maximum atomic E-state index is 12.3. The van der Waals surface area contributed by atoms with Gasteiger partial charge in [0.1, 0.15) is 17.5 Å². The molecule has 27 heavy (non-hydrogen) atoms. The van der Waals surface area contributed by atoms with E-state index in [0.29, 0.717) is 11.5 Å². The number of esters is 1. The van der Waals surface area contributed by atoms with Gasteiger partial charge in [-0.05, 0) is 24.6 Å². The second-order valence-electron chi connectivity index (χ2n) is 6.46. The van der Waals surface area contributed by atoms with Crippen LogP contribution >= 0.6 is 0 Å². The number of ether oxygens (including phenoxy) is 2. The zero-order valence-corrected chi connectivity index (χ0v) is 15.8. The van der Waals surface area contributed by atoms with Crippen LogP contribution in [0.25, 0.3) is 0 Å². The van der Waals surface area contributed by atoms with Crippen molar-refractivity contribution >= 4 is 17.6 Å². The van der Waals surface area contributed by atoms with Gasteiger partial charge < -0.3 is 9.47 Å². The van der Waals surface area contributed by atoms with Gasteiger partial charge in [-0.1, -0.05) is 42.0 Å². The number of aryl methyl sites for hydroxylation is 1. The Morgan fingerprint density at radius 3 is 2.15 bits per heavy atom. The Labute approximate surface area is 158 Å². The van der Waals surface area contributed by atoms with Crippen molar-refractivity contribution in [2.75, 3.05) is 7.11 Å². The maximum Gasteiger partial charge on any atom is 0.303 e. The van der Waals surface area contributed by atoms with Gasteiger partial charge in [0, 0.05) is 19.4 Å². The van der Waals surface area contributed by atoms with Gasteiger partial charge in [-0.25, -0.2) is 5.01 Å². The second-order valence-corrected chi connectivity index (χ2v) is 6.46. The molecule has 0 bridgehead atoms. The number of carbonyl (C=O) groups is 2. The fourth-order valence-corrected chi connectivity index (χ4v) is 3.14. The molecule has 2 atom stereocenters. The smallest absolute Gasteiger partial charge is 0.303 e. The third-order valence-electron chi connectivity index (χ3n) is 4.46. The van der Waals surface area contributed by atoms with Crippen LogP contribution in [0.1, 0.15) is 36.6 Å². The van der Waals surface area contributed by atoms with Crippen LogP contribution in [-0.2, 0) is 14.3 Å². The molecule has 1 aliphatic rings. The van der Waals surface area contributed by atoms with Crippen molar-refractivity contribution in [1.29, 1.82) is 0 Å². The average molecular weight is 366 g/mol. The van der Waals surface area contributed by atoms with E-state index in [2.05, 4.69) is 5.10 Å². The highest BCUT2D eigenvalue weighted by atomic mass is 16.5. The monoisotopic (exact) mass is 366 g/mol. The standard InChI is InChI=1S/C21H22N2O4/c1-13-5-7-16(8-6-13)19-21(27-15(3)25)20(23(22-19)14(2)24)17-9-11-18(26-4)12-10-17/h5-12,20-21H,1-4H3. The normalized spacial score (nSPS) is 18.8. The number of carbonyl (C=O) groups excluding carboxylic acids is 2. The minimum Gasteiger partial charge on any atom is -0.497 e. The summed E-state index contributed by atoms with van der Waals surface area (Å²) in [5, 5.41) is 5.89. The summed E-state index contributed by atoms with van der Waals surface area (Å²) >= 11 is 0. The third-order valence-corrected chi connectivity index (χ3v) is 4.46. The molecule has 0 N–H and O–H groups in total. The fourth-order valence-electron chi connectivity index (χ4n) is 3.14. The minimum atomic E-state index is -0.692. The van der Waals surface area contributed by atoms with Crippen molar-refractivity contribution in [3.63, 3.8) is 0 Å². The molecule has 0 aromatic heterocycles. The minimum absolute atomic E-state index is 0.227. The van der Waals surface area contributed by atoms with Gasteiger partial charge in [-0.15, -0.1) is 0 Å². The predicted octanol–water partition coefficient (Wildman–Crippen LogP) is 3.24. The van der Waals surface area contributed by atoms with Crippen LogP contribution in [0.3, 0.4) is 0 Å². The Hall–Kier alpha value is -3.15. The van der Waals surface area contributed by atoms with E-state index < -0.39 is 18.1 Å². The van der Waals surface area contributed by atoms with Crippen LogP contribution in [-0.4, -0.2) is 35.8 Å². The summed E-state index contributed by atoms with van der Waals surface area (Å²) in [6.07, 6.45) is -0.692. The van der Waals surface area contributed by atoms with E-state index in [1.807, 2.05) is 55.5 Å². The number of hydrazone groups is 1. The van der Waals surface area contributed by atoms with Crippen LogP contribution in [0.15, 0.2) is 53.6 Å². The topological polar surface area (TPSA) is 68.2 Å². The summed E-state index contributed by atoms with van der Waals surface area (Å²) in [6.45, 7) is 4.79. The lowest BCUT2D eigenvalue weighted by atomic mass is 9.94. The van der Waals surface area contributed by atoms with Gasteiger partial charge in [-0.3, -0.25) is 9.59 Å². The van der Waals surface area contributed by atoms with Crippen LogP contribution in [0.5, 0.6) is 5.75 Å². The molecule has 0 saturated carbocycles.